The zero-order valence-corrected chi connectivity index (χ0v) is 9.26. The zero-order chi connectivity index (χ0) is 11.4. The van der Waals surface area contributed by atoms with Gasteiger partial charge in [0.15, 0.2) is 0 Å². The van der Waals surface area contributed by atoms with Gasteiger partial charge >= 0.3 is 5.69 Å². The van der Waals surface area contributed by atoms with E-state index in [2.05, 4.69) is 4.98 Å². The van der Waals surface area contributed by atoms with Gasteiger partial charge in [-0.05, 0) is 6.42 Å². The van der Waals surface area contributed by atoms with Crippen molar-refractivity contribution in [2.45, 2.75) is 26.3 Å². The van der Waals surface area contributed by atoms with Crippen molar-refractivity contribution >= 4 is 17.2 Å². The number of aromatic nitrogens is 2. The first-order valence-electron chi connectivity index (χ1n) is 4.65. The Hall–Kier alpha value is -1.43. The molecular formula is C9H13N3O2S. The molecule has 0 spiro atoms. The summed E-state index contributed by atoms with van der Waals surface area (Å²) in [4.78, 5) is 25.2. The van der Waals surface area contributed by atoms with E-state index in [1.807, 2.05) is 6.92 Å². The Balaban J connectivity index is 3.03. The lowest BCUT2D eigenvalue weighted by atomic mass is 10.2. The topological polar surface area (TPSA) is 80.9 Å². The van der Waals surface area contributed by atoms with Gasteiger partial charge in [-0.25, -0.2) is 4.79 Å². The van der Waals surface area contributed by atoms with Gasteiger partial charge in [0, 0.05) is 24.7 Å². The quantitative estimate of drug-likeness (QED) is 0.697. The predicted molar refractivity (Wildman–Crippen MR) is 62.1 cm³/mol. The Bertz CT molecular complexity index is 475. The molecule has 0 aliphatic carbocycles. The van der Waals surface area contributed by atoms with E-state index in [1.165, 1.54) is 4.57 Å². The fourth-order valence-corrected chi connectivity index (χ4v) is 1.29. The SMILES string of the molecule is CCc1cn(CCC(N)=S)c(=O)[nH]c1=O. The molecule has 15 heavy (non-hydrogen) atoms. The molecule has 1 aromatic rings. The number of nitrogens with zero attached hydrogens (tertiary/aromatic N) is 1. The Morgan fingerprint density at radius 2 is 2.27 bits per heavy atom. The summed E-state index contributed by atoms with van der Waals surface area (Å²) in [6.07, 6.45) is 2.59. The molecule has 5 nitrogen and oxygen atoms in total. The lowest BCUT2D eigenvalue weighted by Gasteiger charge is -2.05. The minimum Gasteiger partial charge on any atom is -0.393 e. The molecule has 0 fully saturated rings. The van der Waals surface area contributed by atoms with Crippen molar-refractivity contribution in [3.05, 3.63) is 32.6 Å². The molecule has 82 valence electrons. The fraction of sp³-hybridized carbons (Fsp3) is 0.444. The maximum atomic E-state index is 11.3. The highest BCUT2D eigenvalue weighted by Crippen LogP contribution is 1.91. The summed E-state index contributed by atoms with van der Waals surface area (Å²) in [5.74, 6) is 0. The van der Waals surface area contributed by atoms with Crippen LogP contribution in [-0.2, 0) is 13.0 Å². The second kappa shape index (κ2) is 4.88. The third-order valence-corrected chi connectivity index (χ3v) is 2.27. The summed E-state index contributed by atoms with van der Waals surface area (Å²) >= 11 is 4.72. The lowest BCUT2D eigenvalue weighted by Crippen LogP contribution is -2.32. The second-order valence-corrected chi connectivity index (χ2v) is 3.70. The first-order chi connectivity index (χ1) is 7.04. The van der Waals surface area contributed by atoms with Gasteiger partial charge in [-0.1, -0.05) is 19.1 Å². The average Bonchev–Trinajstić information content (AvgIpc) is 2.16. The minimum atomic E-state index is -0.423. The summed E-state index contributed by atoms with van der Waals surface area (Å²) in [5, 5.41) is 0. The number of nitrogens with one attached hydrogen (secondary N) is 1. The first kappa shape index (κ1) is 11.6. The number of H-pyrrole nitrogens is 1. The first-order valence-corrected chi connectivity index (χ1v) is 5.06. The standard InChI is InChI=1S/C9H13N3O2S/c1-2-6-5-12(4-3-7(10)15)9(14)11-8(6)13/h5H,2-4H2,1H3,(H2,10,15)(H,11,13,14). The maximum Gasteiger partial charge on any atom is 0.328 e. The molecule has 0 aliphatic rings. The number of thiocarbonyl (C=S) groups is 1. The monoisotopic (exact) mass is 227 g/mol. The van der Waals surface area contributed by atoms with Crippen molar-refractivity contribution in [3.63, 3.8) is 0 Å². The van der Waals surface area contributed by atoms with Crippen LogP contribution in [0.4, 0.5) is 0 Å². The largest absolute Gasteiger partial charge is 0.393 e. The molecule has 0 unspecified atom stereocenters. The average molecular weight is 227 g/mol. The van der Waals surface area contributed by atoms with Gasteiger partial charge in [-0.2, -0.15) is 0 Å². The van der Waals surface area contributed by atoms with Crippen molar-refractivity contribution < 1.29 is 0 Å². The van der Waals surface area contributed by atoms with Gasteiger partial charge in [-0.15, -0.1) is 0 Å². The lowest BCUT2D eigenvalue weighted by molar-refractivity contribution is 0.658. The summed E-state index contributed by atoms with van der Waals surface area (Å²) in [7, 11) is 0. The molecule has 1 aromatic heterocycles. The van der Waals surface area contributed by atoms with Gasteiger partial charge in [0.25, 0.3) is 5.56 Å². The Labute approximate surface area is 91.9 Å². The number of aromatic amines is 1. The molecule has 0 atom stereocenters. The van der Waals surface area contributed by atoms with Crippen molar-refractivity contribution in [2.75, 3.05) is 0 Å². The smallest absolute Gasteiger partial charge is 0.328 e. The van der Waals surface area contributed by atoms with E-state index < -0.39 is 5.69 Å². The number of hydrogen-bond donors (Lipinski definition) is 2. The Kier molecular flexibility index (Phi) is 3.79. The van der Waals surface area contributed by atoms with E-state index in [0.717, 1.165) is 0 Å². The van der Waals surface area contributed by atoms with E-state index in [1.54, 1.807) is 6.20 Å². The van der Waals surface area contributed by atoms with Crippen LogP contribution in [0.15, 0.2) is 15.8 Å². The highest BCUT2D eigenvalue weighted by Gasteiger charge is 2.02. The molecule has 0 saturated carbocycles. The molecule has 0 bridgehead atoms. The van der Waals surface area contributed by atoms with Crippen LogP contribution in [0.2, 0.25) is 0 Å². The van der Waals surface area contributed by atoms with Crippen LogP contribution < -0.4 is 17.0 Å². The van der Waals surface area contributed by atoms with Crippen LogP contribution in [0.3, 0.4) is 0 Å². The third-order valence-electron chi connectivity index (χ3n) is 2.06. The van der Waals surface area contributed by atoms with E-state index in [9.17, 15) is 9.59 Å². The molecule has 0 aromatic carbocycles. The van der Waals surface area contributed by atoms with Crippen molar-refractivity contribution in [1.29, 1.82) is 0 Å². The molecule has 3 N–H and O–H groups in total. The molecule has 6 heteroatoms. The van der Waals surface area contributed by atoms with Crippen LogP contribution in [0.1, 0.15) is 18.9 Å². The molecule has 1 heterocycles. The van der Waals surface area contributed by atoms with Crippen molar-refractivity contribution in [2.24, 2.45) is 5.73 Å². The number of rotatable bonds is 4. The van der Waals surface area contributed by atoms with Gasteiger partial charge in [0.05, 0.1) is 4.99 Å². The Morgan fingerprint density at radius 3 is 2.80 bits per heavy atom. The van der Waals surface area contributed by atoms with Gasteiger partial charge in [0.1, 0.15) is 0 Å². The fourth-order valence-electron chi connectivity index (χ4n) is 1.20. The molecule has 0 radical (unpaired) electrons. The summed E-state index contributed by atoms with van der Waals surface area (Å²) in [6, 6.07) is 0. The highest BCUT2D eigenvalue weighted by molar-refractivity contribution is 7.80. The minimum absolute atomic E-state index is 0.325. The third kappa shape index (κ3) is 3.02. The van der Waals surface area contributed by atoms with Crippen LogP contribution >= 0.6 is 12.2 Å². The summed E-state index contributed by atoms with van der Waals surface area (Å²) < 4.78 is 1.42. The van der Waals surface area contributed by atoms with E-state index >= 15 is 0 Å². The number of aryl methyl sites for hydroxylation is 2. The molecule has 0 aliphatic heterocycles. The van der Waals surface area contributed by atoms with Gasteiger partial charge < -0.3 is 5.73 Å². The second-order valence-electron chi connectivity index (χ2n) is 3.18. The van der Waals surface area contributed by atoms with Crippen molar-refractivity contribution in [1.82, 2.24) is 9.55 Å². The summed E-state index contributed by atoms with van der Waals surface area (Å²) in [6.45, 7) is 2.25. The van der Waals surface area contributed by atoms with Crippen LogP contribution in [0.5, 0.6) is 0 Å². The van der Waals surface area contributed by atoms with E-state index in [4.69, 9.17) is 18.0 Å². The highest BCUT2D eigenvalue weighted by atomic mass is 32.1. The molecule has 0 amide bonds. The molecular weight excluding hydrogens is 214 g/mol. The van der Waals surface area contributed by atoms with E-state index in [0.29, 0.717) is 29.9 Å². The predicted octanol–water partition coefficient (Wildman–Crippen LogP) is -0.225. The number of hydrogen-bond acceptors (Lipinski definition) is 3. The van der Waals surface area contributed by atoms with Crippen LogP contribution in [0, 0.1) is 0 Å². The van der Waals surface area contributed by atoms with Gasteiger partial charge in [-0.3, -0.25) is 14.3 Å². The van der Waals surface area contributed by atoms with Crippen LogP contribution in [0.25, 0.3) is 0 Å². The molecule has 0 saturated heterocycles. The number of nitrogens with two attached hydrogens (primary N) is 1. The summed E-state index contributed by atoms with van der Waals surface area (Å²) in [5.41, 5.74) is 5.17. The normalized spacial score (nSPS) is 10.2. The van der Waals surface area contributed by atoms with Crippen LogP contribution in [-0.4, -0.2) is 14.5 Å². The van der Waals surface area contributed by atoms with Crippen molar-refractivity contribution in [3.8, 4) is 0 Å². The zero-order valence-electron chi connectivity index (χ0n) is 8.45. The Morgan fingerprint density at radius 1 is 1.60 bits per heavy atom. The maximum absolute atomic E-state index is 11.3. The van der Waals surface area contributed by atoms with Gasteiger partial charge in [0.2, 0.25) is 0 Å². The molecule has 1 rings (SSSR count). The van der Waals surface area contributed by atoms with E-state index in [-0.39, 0.29) is 5.56 Å².